The van der Waals surface area contributed by atoms with Gasteiger partial charge in [-0.15, -0.1) is 0 Å². The van der Waals surface area contributed by atoms with E-state index in [0.717, 1.165) is 0 Å². The van der Waals surface area contributed by atoms with Gasteiger partial charge in [-0.1, -0.05) is 0 Å². The van der Waals surface area contributed by atoms with Crippen molar-refractivity contribution in [2.24, 2.45) is 0 Å². The molecule has 0 aromatic heterocycles. The lowest BCUT2D eigenvalue weighted by molar-refractivity contribution is -0.0524. The van der Waals surface area contributed by atoms with E-state index in [1.54, 1.807) is 0 Å². The van der Waals surface area contributed by atoms with Crippen molar-refractivity contribution < 1.29 is 31.1 Å². The summed E-state index contributed by atoms with van der Waals surface area (Å²) in [6, 6.07) is 0. The molecule has 0 aromatic carbocycles. The minimum atomic E-state index is -5.23. The number of hydrogen-bond acceptors (Lipinski definition) is 4. The third-order valence-electron chi connectivity index (χ3n) is 1.40. The molecule has 1 fully saturated rings. The van der Waals surface area contributed by atoms with Crippen molar-refractivity contribution in [1.29, 1.82) is 0 Å². The molecular weight excluding hydrogens is 213 g/mol. The Bertz CT molecular complexity index is 264. The smallest absolute Gasteiger partial charge is 0.349 e. The van der Waals surface area contributed by atoms with E-state index < -0.39 is 27.4 Å². The van der Waals surface area contributed by atoms with E-state index in [1.807, 2.05) is 0 Å². The molecule has 8 heteroatoms. The van der Waals surface area contributed by atoms with Crippen LogP contribution in [-0.2, 0) is 19.3 Å². The highest BCUT2D eigenvalue weighted by Gasteiger charge is 2.47. The highest BCUT2D eigenvalue weighted by Crippen LogP contribution is 2.25. The first-order valence-corrected chi connectivity index (χ1v) is 5.00. The van der Waals surface area contributed by atoms with Crippen molar-refractivity contribution in [2.75, 3.05) is 19.0 Å². The SMILES string of the molecule is O=S(=O)(CC1OCCO1)C(F)(F)F. The van der Waals surface area contributed by atoms with Gasteiger partial charge < -0.3 is 9.47 Å². The lowest BCUT2D eigenvalue weighted by Crippen LogP contribution is -2.32. The number of alkyl halides is 3. The average molecular weight is 220 g/mol. The normalized spacial score (nSPS) is 20.8. The van der Waals surface area contributed by atoms with Gasteiger partial charge in [-0.05, 0) is 0 Å². The van der Waals surface area contributed by atoms with Crippen molar-refractivity contribution in [2.45, 2.75) is 11.8 Å². The third-order valence-corrected chi connectivity index (χ3v) is 2.82. The van der Waals surface area contributed by atoms with Gasteiger partial charge in [-0.3, -0.25) is 0 Å². The van der Waals surface area contributed by atoms with Crippen LogP contribution in [0.4, 0.5) is 13.2 Å². The standard InChI is InChI=1S/C5H7F3O4S/c6-5(7,8)13(9,10)3-4-11-1-2-12-4/h4H,1-3H2. The maximum Gasteiger partial charge on any atom is 0.497 e. The summed E-state index contributed by atoms with van der Waals surface area (Å²) >= 11 is 0. The van der Waals surface area contributed by atoms with Crippen LogP contribution in [0.15, 0.2) is 0 Å². The summed E-state index contributed by atoms with van der Waals surface area (Å²) in [5, 5.41) is 0. The Morgan fingerprint density at radius 3 is 2.08 bits per heavy atom. The second-order valence-electron chi connectivity index (χ2n) is 2.40. The molecule has 1 aliphatic heterocycles. The van der Waals surface area contributed by atoms with Gasteiger partial charge in [0, 0.05) is 0 Å². The fourth-order valence-electron chi connectivity index (χ4n) is 0.777. The van der Waals surface area contributed by atoms with Crippen LogP contribution in [0.25, 0.3) is 0 Å². The molecule has 0 aromatic rings. The van der Waals surface area contributed by atoms with Crippen LogP contribution >= 0.6 is 0 Å². The van der Waals surface area contributed by atoms with Crippen molar-refractivity contribution in [3.8, 4) is 0 Å². The minimum absolute atomic E-state index is 0.123. The maximum atomic E-state index is 11.8. The molecule has 1 rings (SSSR count). The highest BCUT2D eigenvalue weighted by atomic mass is 32.2. The van der Waals surface area contributed by atoms with Gasteiger partial charge in [0.2, 0.25) is 0 Å². The lowest BCUT2D eigenvalue weighted by Gasteiger charge is -2.11. The molecule has 0 bridgehead atoms. The monoisotopic (exact) mass is 220 g/mol. The first kappa shape index (κ1) is 10.7. The van der Waals surface area contributed by atoms with Gasteiger partial charge in [0.25, 0.3) is 9.84 Å². The Hall–Kier alpha value is -0.340. The van der Waals surface area contributed by atoms with Crippen LogP contribution in [0.2, 0.25) is 0 Å². The lowest BCUT2D eigenvalue weighted by atomic mass is 10.8. The number of rotatable bonds is 2. The van der Waals surface area contributed by atoms with E-state index in [2.05, 4.69) is 9.47 Å². The zero-order valence-corrected chi connectivity index (χ0v) is 7.19. The second-order valence-corrected chi connectivity index (χ2v) is 4.42. The maximum absolute atomic E-state index is 11.8. The van der Waals surface area contributed by atoms with Gasteiger partial charge in [0.15, 0.2) is 6.29 Å². The van der Waals surface area contributed by atoms with Crippen molar-refractivity contribution in [3.63, 3.8) is 0 Å². The van der Waals surface area contributed by atoms with Crippen molar-refractivity contribution in [1.82, 2.24) is 0 Å². The van der Waals surface area contributed by atoms with Gasteiger partial charge in [-0.25, -0.2) is 8.42 Å². The summed E-state index contributed by atoms with van der Waals surface area (Å²) in [5.74, 6) is -1.17. The largest absolute Gasteiger partial charge is 0.497 e. The Labute approximate surface area is 72.5 Å². The first-order valence-electron chi connectivity index (χ1n) is 3.35. The van der Waals surface area contributed by atoms with Gasteiger partial charge in [0.05, 0.1) is 13.2 Å². The van der Waals surface area contributed by atoms with E-state index in [9.17, 15) is 21.6 Å². The van der Waals surface area contributed by atoms with Crippen molar-refractivity contribution in [3.05, 3.63) is 0 Å². The van der Waals surface area contributed by atoms with Crippen LogP contribution in [0.1, 0.15) is 0 Å². The Morgan fingerprint density at radius 2 is 1.69 bits per heavy atom. The number of halogens is 3. The minimum Gasteiger partial charge on any atom is -0.349 e. The molecule has 0 radical (unpaired) electrons. The Balaban J connectivity index is 2.62. The summed E-state index contributed by atoms with van der Waals surface area (Å²) in [6.07, 6.45) is -1.29. The first-order chi connectivity index (χ1) is 5.83. The van der Waals surface area contributed by atoms with E-state index in [0.29, 0.717) is 0 Å². The predicted octanol–water partition coefficient (Wildman–Crippen LogP) is 0.294. The predicted molar refractivity (Wildman–Crippen MR) is 35.5 cm³/mol. The Morgan fingerprint density at radius 1 is 1.23 bits per heavy atom. The van der Waals surface area contributed by atoms with Gasteiger partial charge in [0.1, 0.15) is 5.75 Å². The molecule has 1 saturated heterocycles. The zero-order valence-electron chi connectivity index (χ0n) is 6.37. The van der Waals surface area contributed by atoms with Crippen LogP contribution in [0.3, 0.4) is 0 Å². The summed E-state index contributed by atoms with van der Waals surface area (Å²) < 4.78 is 65.6. The molecule has 0 spiro atoms. The number of sulfone groups is 1. The van der Waals surface area contributed by atoms with E-state index in [-0.39, 0.29) is 13.2 Å². The molecule has 1 aliphatic rings. The number of ether oxygens (including phenoxy) is 2. The molecule has 0 saturated carbocycles. The molecule has 78 valence electrons. The molecule has 0 amide bonds. The van der Waals surface area contributed by atoms with Gasteiger partial charge >= 0.3 is 5.51 Å². The summed E-state index contributed by atoms with van der Waals surface area (Å²) in [6.45, 7) is 0.246. The molecule has 1 heterocycles. The zero-order chi connectivity index (χ0) is 10.1. The second kappa shape index (κ2) is 3.43. The summed E-state index contributed by atoms with van der Waals surface area (Å²) in [4.78, 5) is 0. The van der Waals surface area contributed by atoms with E-state index >= 15 is 0 Å². The molecule has 0 atom stereocenters. The molecule has 0 unspecified atom stereocenters. The molecule has 0 N–H and O–H groups in total. The average Bonchev–Trinajstić information content (AvgIpc) is 2.35. The van der Waals surface area contributed by atoms with E-state index in [1.165, 1.54) is 0 Å². The fraction of sp³-hybridized carbons (Fsp3) is 1.00. The quantitative estimate of drug-likeness (QED) is 0.671. The Kier molecular flexibility index (Phi) is 2.83. The molecule has 0 aliphatic carbocycles. The van der Waals surface area contributed by atoms with Crippen LogP contribution in [0, 0.1) is 0 Å². The van der Waals surface area contributed by atoms with Crippen molar-refractivity contribution >= 4 is 9.84 Å². The fourth-order valence-corrected chi connectivity index (χ4v) is 1.52. The van der Waals surface area contributed by atoms with E-state index in [4.69, 9.17) is 0 Å². The van der Waals surface area contributed by atoms with Gasteiger partial charge in [-0.2, -0.15) is 13.2 Å². The molecule has 13 heavy (non-hydrogen) atoms. The third kappa shape index (κ3) is 2.55. The summed E-state index contributed by atoms with van der Waals surface area (Å²) in [5.41, 5.74) is -5.23. The van der Waals surface area contributed by atoms with Crippen LogP contribution in [-0.4, -0.2) is 39.2 Å². The van der Waals surface area contributed by atoms with Crippen LogP contribution < -0.4 is 0 Å². The molecular formula is C5H7F3O4S. The topological polar surface area (TPSA) is 52.6 Å². The van der Waals surface area contributed by atoms with Crippen LogP contribution in [0.5, 0.6) is 0 Å². The molecule has 4 nitrogen and oxygen atoms in total. The number of hydrogen-bond donors (Lipinski definition) is 0. The summed E-state index contributed by atoms with van der Waals surface area (Å²) in [7, 11) is -5.13. The highest BCUT2D eigenvalue weighted by molar-refractivity contribution is 7.92.